The number of allylic oxidation sites excluding steroid dienone is 5. The van der Waals surface area contributed by atoms with Crippen LogP contribution in [-0.2, 0) is 14.3 Å². The van der Waals surface area contributed by atoms with Crippen LogP contribution in [0.2, 0.25) is 0 Å². The summed E-state index contributed by atoms with van der Waals surface area (Å²) >= 11 is 0. The summed E-state index contributed by atoms with van der Waals surface area (Å²) in [5.74, 6) is -0.634. The van der Waals surface area contributed by atoms with E-state index in [0.29, 0.717) is 19.3 Å². The second kappa shape index (κ2) is 32.8. The maximum absolute atomic E-state index is 12.9. The molecule has 7 N–H and O–H groups in total. The number of unbranched alkanes of at least 4 members (excludes halogenated alkanes) is 18. The van der Waals surface area contributed by atoms with E-state index in [4.69, 9.17) is 9.47 Å². The first-order chi connectivity index (χ1) is 25.3. The molecule has 0 radical (unpaired) electrons. The van der Waals surface area contributed by atoms with Gasteiger partial charge in [0, 0.05) is 0 Å². The zero-order valence-corrected chi connectivity index (χ0v) is 32.7. The Morgan fingerprint density at radius 3 is 1.67 bits per heavy atom. The largest absolute Gasteiger partial charge is 0.394 e. The number of carbonyl (C=O) groups is 1. The number of amides is 1. The van der Waals surface area contributed by atoms with E-state index in [1.165, 1.54) is 83.5 Å². The molecule has 10 nitrogen and oxygen atoms in total. The minimum Gasteiger partial charge on any atom is -0.394 e. The third kappa shape index (κ3) is 23.2. The van der Waals surface area contributed by atoms with Gasteiger partial charge >= 0.3 is 0 Å². The van der Waals surface area contributed by atoms with Crippen LogP contribution in [0.5, 0.6) is 0 Å². The monoisotopic (exact) mass is 740 g/mol. The fraction of sp³-hybridized carbons (Fsp3) is 0.833. The first-order valence-electron chi connectivity index (χ1n) is 20.8. The third-order valence-corrected chi connectivity index (χ3v) is 9.80. The second-order valence-corrected chi connectivity index (χ2v) is 14.6. The zero-order chi connectivity index (χ0) is 38.2. The third-order valence-electron chi connectivity index (χ3n) is 9.80. The molecule has 0 aromatic carbocycles. The molecule has 1 rings (SSSR count). The number of aliphatic hydroxyl groups is 6. The predicted molar refractivity (Wildman–Crippen MR) is 209 cm³/mol. The molecule has 1 aliphatic rings. The van der Waals surface area contributed by atoms with Crippen molar-refractivity contribution in [1.29, 1.82) is 0 Å². The molecule has 0 aromatic rings. The lowest BCUT2D eigenvalue weighted by Gasteiger charge is -2.40. The number of hydrogen-bond acceptors (Lipinski definition) is 9. The molecule has 8 unspecified atom stereocenters. The Hall–Kier alpha value is -1.63. The topological polar surface area (TPSA) is 169 Å². The highest BCUT2D eigenvalue weighted by Gasteiger charge is 2.44. The number of aliphatic hydroxyl groups excluding tert-OH is 6. The number of hydrogen-bond donors (Lipinski definition) is 7. The molecule has 0 saturated carbocycles. The van der Waals surface area contributed by atoms with Crippen molar-refractivity contribution in [3.63, 3.8) is 0 Å². The average Bonchev–Trinajstić information content (AvgIpc) is 3.14. The molecule has 304 valence electrons. The predicted octanol–water partition coefficient (Wildman–Crippen LogP) is 6.69. The van der Waals surface area contributed by atoms with Gasteiger partial charge in [-0.05, 0) is 44.9 Å². The highest BCUT2D eigenvalue weighted by atomic mass is 16.7. The molecule has 0 spiro atoms. The molecule has 0 aliphatic carbocycles. The van der Waals surface area contributed by atoms with Crippen molar-refractivity contribution in [3.8, 4) is 0 Å². The van der Waals surface area contributed by atoms with Gasteiger partial charge in [0.1, 0.15) is 30.5 Å². The van der Waals surface area contributed by atoms with Gasteiger partial charge in [0.15, 0.2) is 6.29 Å². The van der Waals surface area contributed by atoms with Gasteiger partial charge in [-0.25, -0.2) is 0 Å². The smallest absolute Gasteiger partial charge is 0.249 e. The van der Waals surface area contributed by atoms with Gasteiger partial charge in [-0.2, -0.15) is 0 Å². The number of nitrogens with one attached hydrogen (secondary N) is 1. The standard InChI is InChI=1S/C42H77NO9/c1-3-5-7-9-11-13-15-16-17-18-19-20-21-23-24-26-28-30-35(45)34(33-51-42-40(49)39(48)38(47)37(32-44)52-42)43-41(50)36(46)31-29-27-25-22-14-12-10-8-6-4-2/h17-18,21,23,28,30,34-40,42,44-49H,3-16,19-20,22,24-27,29,31-33H2,1-2H3,(H,43,50)/b18-17+,23-21+,30-28+. The Morgan fingerprint density at radius 1 is 0.654 bits per heavy atom. The fourth-order valence-corrected chi connectivity index (χ4v) is 6.31. The minimum absolute atomic E-state index is 0.301. The molecular weight excluding hydrogens is 662 g/mol. The van der Waals surface area contributed by atoms with Crippen molar-refractivity contribution in [2.75, 3.05) is 13.2 Å². The van der Waals surface area contributed by atoms with Gasteiger partial charge in [0.25, 0.3) is 0 Å². The molecule has 0 bridgehead atoms. The van der Waals surface area contributed by atoms with Crippen LogP contribution in [0.3, 0.4) is 0 Å². The summed E-state index contributed by atoms with van der Waals surface area (Å²) in [4.78, 5) is 12.9. The highest BCUT2D eigenvalue weighted by Crippen LogP contribution is 2.22. The van der Waals surface area contributed by atoms with Crippen LogP contribution >= 0.6 is 0 Å². The molecule has 8 atom stereocenters. The quantitative estimate of drug-likeness (QED) is 0.0287. The second-order valence-electron chi connectivity index (χ2n) is 14.6. The Bertz CT molecular complexity index is 927. The Labute approximate surface area is 315 Å². The summed E-state index contributed by atoms with van der Waals surface area (Å²) in [6, 6.07) is -0.998. The molecule has 1 heterocycles. The van der Waals surface area contributed by atoms with Crippen LogP contribution in [0.4, 0.5) is 0 Å². The summed E-state index contributed by atoms with van der Waals surface area (Å²) in [6.45, 7) is 3.53. The van der Waals surface area contributed by atoms with E-state index < -0.39 is 61.5 Å². The number of rotatable bonds is 33. The molecule has 1 fully saturated rings. The molecule has 1 saturated heterocycles. The number of carbonyl (C=O) groups excluding carboxylic acids is 1. The van der Waals surface area contributed by atoms with E-state index in [-0.39, 0.29) is 6.61 Å². The number of ether oxygens (including phenoxy) is 2. The van der Waals surface area contributed by atoms with Crippen LogP contribution in [0, 0.1) is 0 Å². The first-order valence-corrected chi connectivity index (χ1v) is 20.8. The fourth-order valence-electron chi connectivity index (χ4n) is 6.31. The summed E-state index contributed by atoms with van der Waals surface area (Å²) in [5, 5.41) is 64.3. The highest BCUT2D eigenvalue weighted by molar-refractivity contribution is 5.80. The molecule has 10 heteroatoms. The van der Waals surface area contributed by atoms with E-state index in [2.05, 4.69) is 43.5 Å². The van der Waals surface area contributed by atoms with Gasteiger partial charge in [-0.1, -0.05) is 153 Å². The van der Waals surface area contributed by atoms with Gasteiger partial charge in [-0.15, -0.1) is 0 Å². The summed E-state index contributed by atoms with van der Waals surface area (Å²) < 4.78 is 11.1. The molecular formula is C42H77NO9. The van der Waals surface area contributed by atoms with E-state index in [1.807, 2.05) is 6.08 Å². The maximum Gasteiger partial charge on any atom is 0.249 e. The Balaban J connectivity index is 2.53. The lowest BCUT2D eigenvalue weighted by Crippen LogP contribution is -2.60. The van der Waals surface area contributed by atoms with Crippen molar-refractivity contribution in [1.82, 2.24) is 5.32 Å². The van der Waals surface area contributed by atoms with Crippen molar-refractivity contribution < 1.29 is 44.9 Å². The SMILES string of the molecule is CCCCCCCCC/C=C/CC/C=C/CC/C=C/C(O)C(COC1OC(CO)C(O)C(O)C1O)NC(=O)C(O)CCCCCCCCCCCC. The van der Waals surface area contributed by atoms with Crippen molar-refractivity contribution >= 4 is 5.91 Å². The van der Waals surface area contributed by atoms with Crippen LogP contribution in [0.15, 0.2) is 36.5 Å². The van der Waals surface area contributed by atoms with Gasteiger partial charge in [0.05, 0.1) is 25.4 Å². The average molecular weight is 740 g/mol. The minimum atomic E-state index is -1.62. The molecule has 1 aliphatic heterocycles. The molecule has 52 heavy (non-hydrogen) atoms. The normalized spacial score (nSPS) is 22.8. The van der Waals surface area contributed by atoms with Gasteiger partial charge in [0.2, 0.25) is 5.91 Å². The van der Waals surface area contributed by atoms with Crippen molar-refractivity contribution in [2.24, 2.45) is 0 Å². The Morgan fingerprint density at radius 2 is 1.13 bits per heavy atom. The van der Waals surface area contributed by atoms with E-state index in [1.54, 1.807) is 6.08 Å². The summed E-state index contributed by atoms with van der Waals surface area (Å²) in [6.07, 6.45) is 28.1. The van der Waals surface area contributed by atoms with Crippen LogP contribution in [-0.4, -0.2) is 98.7 Å². The lowest BCUT2D eigenvalue weighted by molar-refractivity contribution is -0.302. The summed E-state index contributed by atoms with van der Waals surface area (Å²) in [5.41, 5.74) is 0. The molecule has 1 amide bonds. The van der Waals surface area contributed by atoms with Crippen molar-refractivity contribution in [2.45, 2.75) is 210 Å². The maximum atomic E-state index is 12.9. The zero-order valence-electron chi connectivity index (χ0n) is 32.7. The van der Waals surface area contributed by atoms with E-state index >= 15 is 0 Å². The van der Waals surface area contributed by atoms with E-state index in [9.17, 15) is 35.4 Å². The summed E-state index contributed by atoms with van der Waals surface area (Å²) in [7, 11) is 0. The van der Waals surface area contributed by atoms with E-state index in [0.717, 1.165) is 44.9 Å². The first kappa shape index (κ1) is 48.4. The van der Waals surface area contributed by atoms with Crippen LogP contribution in [0.1, 0.15) is 162 Å². The van der Waals surface area contributed by atoms with Crippen LogP contribution < -0.4 is 5.32 Å². The van der Waals surface area contributed by atoms with Gasteiger partial charge < -0.3 is 45.4 Å². The molecule has 0 aromatic heterocycles. The van der Waals surface area contributed by atoms with Gasteiger partial charge in [-0.3, -0.25) is 4.79 Å². The van der Waals surface area contributed by atoms with Crippen LogP contribution in [0.25, 0.3) is 0 Å². The van der Waals surface area contributed by atoms with Crippen molar-refractivity contribution in [3.05, 3.63) is 36.5 Å². The Kier molecular flexibility index (Phi) is 30.5. The lowest BCUT2D eigenvalue weighted by atomic mass is 9.99.